The Labute approximate surface area is 127 Å². The fourth-order valence-electron chi connectivity index (χ4n) is 1.88. The summed E-state index contributed by atoms with van der Waals surface area (Å²) >= 11 is 1.44. The van der Waals surface area contributed by atoms with E-state index < -0.39 is 0 Å². The molecule has 0 aliphatic rings. The van der Waals surface area contributed by atoms with Gasteiger partial charge in [0.2, 0.25) is 0 Å². The molecule has 21 heavy (non-hydrogen) atoms. The Hall–Kier alpha value is -1.79. The highest BCUT2D eigenvalue weighted by Crippen LogP contribution is 2.36. The van der Waals surface area contributed by atoms with Gasteiger partial charge in [-0.3, -0.25) is 4.79 Å². The standard InChI is InChI=1S/C15H19NO4S/c1-4-5-16-15(17)14-7-10-6-12(20-9-18-2)11(19-3)8-13(10)21-14/h6-8H,4-5,9H2,1-3H3,(H,16,17). The summed E-state index contributed by atoms with van der Waals surface area (Å²) in [5, 5.41) is 3.83. The highest BCUT2D eigenvalue weighted by Gasteiger charge is 2.13. The van der Waals surface area contributed by atoms with E-state index in [1.54, 1.807) is 14.2 Å². The molecule has 2 rings (SSSR count). The second-order valence-electron chi connectivity index (χ2n) is 4.46. The van der Waals surface area contributed by atoms with Crippen LogP contribution in [0.15, 0.2) is 18.2 Å². The number of nitrogens with one attached hydrogen (secondary N) is 1. The van der Waals surface area contributed by atoms with Crippen molar-refractivity contribution in [2.45, 2.75) is 13.3 Å². The molecule has 0 spiro atoms. The normalized spacial score (nSPS) is 10.6. The molecule has 1 amide bonds. The highest BCUT2D eigenvalue weighted by atomic mass is 32.1. The summed E-state index contributed by atoms with van der Waals surface area (Å²) in [5.74, 6) is 1.18. The summed E-state index contributed by atoms with van der Waals surface area (Å²) in [6, 6.07) is 5.60. The fourth-order valence-corrected chi connectivity index (χ4v) is 2.87. The van der Waals surface area contributed by atoms with Crippen molar-refractivity contribution in [3.8, 4) is 11.5 Å². The summed E-state index contributed by atoms with van der Waals surface area (Å²) in [6.07, 6.45) is 0.916. The van der Waals surface area contributed by atoms with Crippen LogP contribution in [-0.2, 0) is 4.74 Å². The zero-order valence-electron chi connectivity index (χ0n) is 12.4. The molecule has 1 aromatic heterocycles. The van der Waals surface area contributed by atoms with Crippen LogP contribution < -0.4 is 14.8 Å². The Morgan fingerprint density at radius 2 is 2.05 bits per heavy atom. The van der Waals surface area contributed by atoms with Gasteiger partial charge in [0.1, 0.15) is 0 Å². The summed E-state index contributed by atoms with van der Waals surface area (Å²) in [4.78, 5) is 12.7. The molecule has 6 heteroatoms. The van der Waals surface area contributed by atoms with E-state index in [1.165, 1.54) is 11.3 Å². The largest absolute Gasteiger partial charge is 0.493 e. The number of hydrogen-bond acceptors (Lipinski definition) is 5. The number of amides is 1. The van der Waals surface area contributed by atoms with Crippen LogP contribution in [0.4, 0.5) is 0 Å². The van der Waals surface area contributed by atoms with Crippen molar-refractivity contribution in [3.05, 3.63) is 23.1 Å². The van der Waals surface area contributed by atoms with Gasteiger partial charge in [-0.1, -0.05) is 6.92 Å². The Kier molecular flexibility index (Phi) is 5.41. The average Bonchev–Trinajstić information content (AvgIpc) is 2.92. The first kappa shape index (κ1) is 15.6. The maximum absolute atomic E-state index is 12.0. The van der Waals surface area contributed by atoms with Crippen molar-refractivity contribution in [1.82, 2.24) is 5.32 Å². The molecule has 0 radical (unpaired) electrons. The molecule has 1 N–H and O–H groups in total. The van der Waals surface area contributed by atoms with E-state index in [1.807, 2.05) is 25.1 Å². The van der Waals surface area contributed by atoms with Gasteiger partial charge in [0.25, 0.3) is 5.91 Å². The number of methoxy groups -OCH3 is 2. The molecule has 0 aliphatic carbocycles. The van der Waals surface area contributed by atoms with Crippen LogP contribution in [-0.4, -0.2) is 33.5 Å². The van der Waals surface area contributed by atoms with Crippen molar-refractivity contribution in [2.24, 2.45) is 0 Å². The number of carbonyl (C=O) groups excluding carboxylic acids is 1. The molecule has 0 saturated heterocycles. The number of carbonyl (C=O) groups is 1. The van der Waals surface area contributed by atoms with Gasteiger partial charge in [0, 0.05) is 24.4 Å². The van der Waals surface area contributed by atoms with Crippen LogP contribution in [0.5, 0.6) is 11.5 Å². The Morgan fingerprint density at radius 1 is 1.24 bits per heavy atom. The van der Waals surface area contributed by atoms with Gasteiger partial charge in [0.15, 0.2) is 18.3 Å². The molecule has 1 heterocycles. The van der Waals surface area contributed by atoms with Crippen LogP contribution >= 0.6 is 11.3 Å². The lowest BCUT2D eigenvalue weighted by Gasteiger charge is -2.09. The van der Waals surface area contributed by atoms with Gasteiger partial charge in [-0.25, -0.2) is 0 Å². The van der Waals surface area contributed by atoms with Crippen LogP contribution in [0.3, 0.4) is 0 Å². The van der Waals surface area contributed by atoms with Crippen LogP contribution in [0, 0.1) is 0 Å². The van der Waals surface area contributed by atoms with Gasteiger partial charge >= 0.3 is 0 Å². The lowest BCUT2D eigenvalue weighted by Crippen LogP contribution is -2.22. The third kappa shape index (κ3) is 3.65. The molecule has 2 aromatic rings. The Bertz CT molecular complexity index is 623. The van der Waals surface area contributed by atoms with Crippen molar-refractivity contribution >= 4 is 27.3 Å². The topological polar surface area (TPSA) is 56.8 Å². The van der Waals surface area contributed by atoms with Gasteiger partial charge < -0.3 is 19.5 Å². The lowest BCUT2D eigenvalue weighted by molar-refractivity contribution is 0.0493. The van der Waals surface area contributed by atoms with Crippen molar-refractivity contribution in [3.63, 3.8) is 0 Å². The molecule has 0 bridgehead atoms. The van der Waals surface area contributed by atoms with E-state index in [0.29, 0.717) is 22.9 Å². The average molecular weight is 309 g/mol. The molecular formula is C15H19NO4S. The van der Waals surface area contributed by atoms with Gasteiger partial charge in [-0.15, -0.1) is 11.3 Å². The molecule has 0 aliphatic heterocycles. The van der Waals surface area contributed by atoms with E-state index in [9.17, 15) is 4.79 Å². The minimum Gasteiger partial charge on any atom is -0.493 e. The van der Waals surface area contributed by atoms with E-state index in [2.05, 4.69) is 5.32 Å². The SMILES string of the molecule is CCCNC(=O)c1cc2cc(OCOC)c(OC)cc2s1. The van der Waals surface area contributed by atoms with E-state index in [-0.39, 0.29) is 12.7 Å². The number of ether oxygens (including phenoxy) is 3. The van der Waals surface area contributed by atoms with Crippen molar-refractivity contribution in [2.75, 3.05) is 27.6 Å². The summed E-state index contributed by atoms with van der Waals surface area (Å²) < 4.78 is 16.7. The number of thiophene rings is 1. The Morgan fingerprint density at radius 3 is 2.71 bits per heavy atom. The van der Waals surface area contributed by atoms with Gasteiger partial charge in [0.05, 0.1) is 12.0 Å². The molecule has 0 unspecified atom stereocenters. The minimum absolute atomic E-state index is 0.0450. The maximum Gasteiger partial charge on any atom is 0.261 e. The second-order valence-corrected chi connectivity index (χ2v) is 5.54. The molecule has 114 valence electrons. The lowest BCUT2D eigenvalue weighted by atomic mass is 10.2. The predicted molar refractivity (Wildman–Crippen MR) is 83.5 cm³/mol. The Balaban J connectivity index is 2.31. The number of fused-ring (bicyclic) bond motifs is 1. The number of benzene rings is 1. The quantitative estimate of drug-likeness (QED) is 0.799. The first-order valence-electron chi connectivity index (χ1n) is 6.71. The van der Waals surface area contributed by atoms with Crippen molar-refractivity contribution in [1.29, 1.82) is 0 Å². The first-order valence-corrected chi connectivity index (χ1v) is 7.52. The summed E-state index contributed by atoms with van der Waals surface area (Å²) in [7, 11) is 3.15. The third-order valence-corrected chi connectivity index (χ3v) is 3.99. The smallest absolute Gasteiger partial charge is 0.261 e. The van der Waals surface area contributed by atoms with Gasteiger partial charge in [-0.2, -0.15) is 0 Å². The molecule has 0 atom stereocenters. The second kappa shape index (κ2) is 7.28. The maximum atomic E-state index is 12.0. The summed E-state index contributed by atoms with van der Waals surface area (Å²) in [5.41, 5.74) is 0. The highest BCUT2D eigenvalue weighted by molar-refractivity contribution is 7.20. The van der Waals surface area contributed by atoms with E-state index in [0.717, 1.165) is 16.5 Å². The minimum atomic E-state index is -0.0450. The fraction of sp³-hybridized carbons (Fsp3) is 0.400. The molecule has 1 aromatic carbocycles. The van der Waals surface area contributed by atoms with Crippen LogP contribution in [0.2, 0.25) is 0 Å². The number of hydrogen-bond donors (Lipinski definition) is 1. The van der Waals surface area contributed by atoms with E-state index in [4.69, 9.17) is 14.2 Å². The molecule has 5 nitrogen and oxygen atoms in total. The zero-order valence-corrected chi connectivity index (χ0v) is 13.2. The zero-order chi connectivity index (χ0) is 15.2. The first-order chi connectivity index (χ1) is 10.2. The number of rotatable bonds is 7. The van der Waals surface area contributed by atoms with Crippen molar-refractivity contribution < 1.29 is 19.0 Å². The predicted octanol–water partition coefficient (Wildman–Crippen LogP) is 3.03. The molecule has 0 saturated carbocycles. The van der Waals surface area contributed by atoms with Crippen LogP contribution in [0.25, 0.3) is 10.1 Å². The molecule has 0 fully saturated rings. The summed E-state index contributed by atoms with van der Waals surface area (Å²) in [6.45, 7) is 2.85. The monoisotopic (exact) mass is 309 g/mol. The van der Waals surface area contributed by atoms with Crippen LogP contribution in [0.1, 0.15) is 23.0 Å². The van der Waals surface area contributed by atoms with Gasteiger partial charge in [-0.05, 0) is 23.9 Å². The molecular weight excluding hydrogens is 290 g/mol. The van der Waals surface area contributed by atoms with E-state index >= 15 is 0 Å². The third-order valence-electron chi connectivity index (χ3n) is 2.89.